The molecule has 2 aliphatic rings. The number of morpholine rings is 1. The van der Waals surface area contributed by atoms with Gasteiger partial charge in [0.05, 0.1) is 25.0 Å². The van der Waals surface area contributed by atoms with Crippen LogP contribution in [0.2, 0.25) is 0 Å². The Morgan fingerprint density at radius 2 is 2.09 bits per heavy atom. The first-order valence-corrected chi connectivity index (χ1v) is 11.7. The number of aromatic amines is 1. The van der Waals surface area contributed by atoms with Crippen molar-refractivity contribution in [2.75, 3.05) is 39.3 Å². The molecule has 4 heterocycles. The van der Waals surface area contributed by atoms with Gasteiger partial charge >= 0.3 is 0 Å². The summed E-state index contributed by atoms with van der Waals surface area (Å²) in [4.78, 5) is 14.3. The van der Waals surface area contributed by atoms with Crippen LogP contribution >= 0.6 is 24.0 Å². The number of nitrogens with zero attached hydrogens (tertiary/aromatic N) is 5. The monoisotopic (exact) mass is 577 g/mol. The average Bonchev–Trinajstić information content (AvgIpc) is 3.59. The van der Waals surface area contributed by atoms with Crippen LogP contribution in [0.4, 0.5) is 0 Å². The van der Waals surface area contributed by atoms with Gasteiger partial charge in [0.1, 0.15) is 5.82 Å². The Hall–Kier alpha value is -2.44. The molecule has 0 spiro atoms. The number of hydrogen-bond acceptors (Lipinski definition) is 6. The predicted molar refractivity (Wildman–Crippen MR) is 141 cm³/mol. The van der Waals surface area contributed by atoms with Gasteiger partial charge in [-0.1, -0.05) is 30.3 Å². The van der Waals surface area contributed by atoms with Gasteiger partial charge < -0.3 is 19.4 Å². The van der Waals surface area contributed by atoms with Crippen molar-refractivity contribution in [1.82, 2.24) is 30.3 Å². The number of benzene rings is 1. The molecule has 0 amide bonds. The maximum absolute atomic E-state index is 6.14. The van der Waals surface area contributed by atoms with E-state index in [1.165, 1.54) is 5.56 Å². The standard InChI is InChI=1S/C24H31N7O2.HI/c1-2-25-24(26-11-10-22-27-23(29-28-22)20-9-6-13-32-20)31-16-19-21(17-31)33-14-12-30(19)15-18-7-4-3-5-8-18;/h3-9,13,19,21H,2,10-12,14-17H2,1H3,(H,25,26)(H,27,28,29);1H. The summed E-state index contributed by atoms with van der Waals surface area (Å²) < 4.78 is 11.5. The van der Waals surface area contributed by atoms with Gasteiger partial charge in [-0.05, 0) is 24.6 Å². The van der Waals surface area contributed by atoms with Gasteiger partial charge in [-0.2, -0.15) is 5.10 Å². The summed E-state index contributed by atoms with van der Waals surface area (Å²) in [5, 5.41) is 10.7. The van der Waals surface area contributed by atoms with Crippen LogP contribution < -0.4 is 5.32 Å². The molecule has 1 aromatic carbocycles. The topological polar surface area (TPSA) is 94.8 Å². The van der Waals surface area contributed by atoms with E-state index in [2.05, 4.69) is 67.6 Å². The van der Waals surface area contributed by atoms with Gasteiger partial charge in [0.15, 0.2) is 11.7 Å². The molecule has 5 rings (SSSR count). The number of ether oxygens (including phenoxy) is 1. The Morgan fingerprint density at radius 3 is 2.88 bits per heavy atom. The molecule has 0 radical (unpaired) electrons. The SMILES string of the molecule is CCNC(=NCCc1nc(-c2ccco2)n[nH]1)N1CC2OCCN(Cc3ccccc3)C2C1.I. The first-order valence-electron chi connectivity index (χ1n) is 11.7. The number of guanidine groups is 1. The molecule has 182 valence electrons. The number of aromatic nitrogens is 3. The molecular weight excluding hydrogens is 545 g/mol. The molecule has 2 atom stereocenters. The summed E-state index contributed by atoms with van der Waals surface area (Å²) in [7, 11) is 0. The largest absolute Gasteiger partial charge is 0.461 e. The Balaban J connectivity index is 0.00000274. The molecular formula is C24H32IN7O2. The molecule has 9 nitrogen and oxygen atoms in total. The molecule has 10 heteroatoms. The van der Waals surface area contributed by atoms with Crippen molar-refractivity contribution in [1.29, 1.82) is 0 Å². The van der Waals surface area contributed by atoms with Gasteiger partial charge in [-0.3, -0.25) is 15.0 Å². The minimum absolute atomic E-state index is 0. The second-order valence-electron chi connectivity index (χ2n) is 8.41. The van der Waals surface area contributed by atoms with Crippen molar-refractivity contribution in [2.24, 2.45) is 4.99 Å². The van der Waals surface area contributed by atoms with E-state index in [1.807, 2.05) is 12.1 Å². The third-order valence-corrected chi connectivity index (χ3v) is 6.16. The highest BCUT2D eigenvalue weighted by molar-refractivity contribution is 14.0. The summed E-state index contributed by atoms with van der Waals surface area (Å²) in [5.41, 5.74) is 1.35. The number of hydrogen-bond donors (Lipinski definition) is 2. The van der Waals surface area contributed by atoms with Crippen LogP contribution in [-0.2, 0) is 17.7 Å². The number of furan rings is 1. The molecule has 0 saturated carbocycles. The molecule has 0 aliphatic carbocycles. The fraction of sp³-hybridized carbons (Fsp3) is 0.458. The number of H-pyrrole nitrogens is 1. The van der Waals surface area contributed by atoms with Gasteiger partial charge in [-0.25, -0.2) is 4.98 Å². The third-order valence-electron chi connectivity index (χ3n) is 6.16. The summed E-state index contributed by atoms with van der Waals surface area (Å²) in [6.45, 7) is 8.00. The molecule has 2 unspecified atom stereocenters. The highest BCUT2D eigenvalue weighted by Gasteiger charge is 2.41. The summed E-state index contributed by atoms with van der Waals surface area (Å²) >= 11 is 0. The minimum Gasteiger partial charge on any atom is -0.461 e. The van der Waals surface area contributed by atoms with E-state index in [0.717, 1.165) is 51.1 Å². The van der Waals surface area contributed by atoms with Crippen molar-refractivity contribution >= 4 is 29.9 Å². The van der Waals surface area contributed by atoms with E-state index in [9.17, 15) is 0 Å². The van der Waals surface area contributed by atoms with Gasteiger partial charge in [-0.15, -0.1) is 24.0 Å². The van der Waals surface area contributed by atoms with Crippen LogP contribution in [-0.4, -0.2) is 82.4 Å². The smallest absolute Gasteiger partial charge is 0.216 e. The van der Waals surface area contributed by atoms with Crippen LogP contribution in [0, 0.1) is 0 Å². The number of rotatable bonds is 7. The third kappa shape index (κ3) is 5.78. The zero-order chi connectivity index (χ0) is 22.5. The molecule has 34 heavy (non-hydrogen) atoms. The van der Waals surface area contributed by atoms with Crippen LogP contribution in [0.3, 0.4) is 0 Å². The second kappa shape index (κ2) is 11.8. The first-order chi connectivity index (χ1) is 16.3. The lowest BCUT2D eigenvalue weighted by Gasteiger charge is -2.36. The quantitative estimate of drug-likeness (QED) is 0.254. The summed E-state index contributed by atoms with van der Waals surface area (Å²) in [6, 6.07) is 14.7. The second-order valence-corrected chi connectivity index (χ2v) is 8.41. The zero-order valence-electron chi connectivity index (χ0n) is 19.4. The van der Waals surface area contributed by atoms with Gasteiger partial charge in [0.25, 0.3) is 0 Å². The maximum Gasteiger partial charge on any atom is 0.216 e. The number of nitrogens with one attached hydrogen (secondary N) is 2. The molecule has 2 aliphatic heterocycles. The van der Waals surface area contributed by atoms with Crippen LogP contribution in [0.5, 0.6) is 0 Å². The molecule has 2 saturated heterocycles. The van der Waals surface area contributed by atoms with Crippen molar-refractivity contribution < 1.29 is 9.15 Å². The number of likely N-dealkylation sites (tertiary alicyclic amines) is 1. The molecule has 0 bridgehead atoms. The van der Waals surface area contributed by atoms with E-state index in [-0.39, 0.29) is 30.1 Å². The molecule has 3 aromatic rings. The fourth-order valence-electron chi connectivity index (χ4n) is 4.56. The highest BCUT2D eigenvalue weighted by atomic mass is 127. The fourth-order valence-corrected chi connectivity index (χ4v) is 4.56. The normalized spacial score (nSPS) is 20.7. The Bertz CT molecular complexity index is 1040. The number of fused-ring (bicyclic) bond motifs is 1. The van der Waals surface area contributed by atoms with Crippen LogP contribution in [0.15, 0.2) is 58.1 Å². The molecule has 2 aromatic heterocycles. The van der Waals surface area contributed by atoms with Crippen molar-refractivity contribution in [2.45, 2.75) is 32.0 Å². The first kappa shape index (κ1) is 24.7. The lowest BCUT2D eigenvalue weighted by molar-refractivity contribution is -0.0502. The van der Waals surface area contributed by atoms with Crippen molar-refractivity contribution in [3.63, 3.8) is 0 Å². The minimum atomic E-state index is 0. The number of halogens is 1. The van der Waals surface area contributed by atoms with E-state index >= 15 is 0 Å². The lowest BCUT2D eigenvalue weighted by Crippen LogP contribution is -2.50. The van der Waals surface area contributed by atoms with E-state index in [4.69, 9.17) is 14.1 Å². The molecule has 2 N–H and O–H groups in total. The van der Waals surface area contributed by atoms with Gasteiger partial charge in [0, 0.05) is 45.7 Å². The lowest BCUT2D eigenvalue weighted by atomic mass is 10.1. The Morgan fingerprint density at radius 1 is 1.21 bits per heavy atom. The Labute approximate surface area is 217 Å². The summed E-state index contributed by atoms with van der Waals surface area (Å²) in [5.74, 6) is 2.97. The van der Waals surface area contributed by atoms with Crippen molar-refractivity contribution in [3.8, 4) is 11.6 Å². The van der Waals surface area contributed by atoms with Crippen molar-refractivity contribution in [3.05, 3.63) is 60.1 Å². The van der Waals surface area contributed by atoms with E-state index in [1.54, 1.807) is 6.26 Å². The van der Waals surface area contributed by atoms with Gasteiger partial charge in [0.2, 0.25) is 5.82 Å². The van der Waals surface area contributed by atoms with Crippen LogP contribution in [0.25, 0.3) is 11.6 Å². The number of aliphatic imine (C=N–C) groups is 1. The summed E-state index contributed by atoms with van der Waals surface area (Å²) in [6.07, 6.45) is 2.51. The maximum atomic E-state index is 6.14. The highest BCUT2D eigenvalue weighted by Crippen LogP contribution is 2.24. The average molecular weight is 577 g/mol. The van der Waals surface area contributed by atoms with E-state index in [0.29, 0.717) is 30.6 Å². The van der Waals surface area contributed by atoms with Crippen LogP contribution in [0.1, 0.15) is 18.3 Å². The zero-order valence-corrected chi connectivity index (χ0v) is 21.7. The predicted octanol–water partition coefficient (Wildman–Crippen LogP) is 2.78. The van der Waals surface area contributed by atoms with E-state index < -0.39 is 0 Å². The Kier molecular flexibility index (Phi) is 8.57. The molecule has 2 fully saturated rings.